The number of nitrogens with zero attached hydrogens (tertiary/aromatic N) is 2. The maximum atomic E-state index is 4.22. The summed E-state index contributed by atoms with van der Waals surface area (Å²) in [5.74, 6) is 0. The minimum absolute atomic E-state index is 0.965. The van der Waals surface area contributed by atoms with Crippen molar-refractivity contribution >= 4 is 6.08 Å². The van der Waals surface area contributed by atoms with Gasteiger partial charge in [-0.1, -0.05) is 36.4 Å². The van der Waals surface area contributed by atoms with E-state index < -0.39 is 0 Å². The molecule has 1 aliphatic rings. The second kappa shape index (κ2) is 3.31. The predicted octanol–water partition coefficient (Wildman–Crippen LogP) is 2.71. The minimum Gasteiger partial charge on any atom is -0.158 e. The molecule has 0 atom stereocenters. The van der Waals surface area contributed by atoms with Crippen LogP contribution in [0.25, 0.3) is 17.3 Å². The van der Waals surface area contributed by atoms with Crippen LogP contribution in [-0.2, 0) is 6.42 Å². The van der Waals surface area contributed by atoms with Gasteiger partial charge in [0.05, 0.1) is 6.20 Å². The monoisotopic (exact) mass is 194 g/mol. The van der Waals surface area contributed by atoms with Gasteiger partial charge in [-0.15, -0.1) is 5.10 Å². The molecule has 0 radical (unpaired) electrons. The van der Waals surface area contributed by atoms with Crippen molar-refractivity contribution in [2.24, 2.45) is 0 Å². The zero-order chi connectivity index (χ0) is 10.1. The number of hydrogen-bond donors (Lipinski definition) is 0. The summed E-state index contributed by atoms with van der Waals surface area (Å²) >= 11 is 0. The van der Waals surface area contributed by atoms with Crippen molar-refractivity contribution in [2.45, 2.75) is 6.42 Å². The van der Waals surface area contributed by atoms with Crippen LogP contribution in [0.2, 0.25) is 0 Å². The van der Waals surface area contributed by atoms with Crippen LogP contribution in [0.5, 0.6) is 0 Å². The normalized spacial score (nSPS) is 12.8. The summed E-state index contributed by atoms with van der Waals surface area (Å²) in [5.41, 5.74) is 4.65. The zero-order valence-electron chi connectivity index (χ0n) is 8.22. The van der Waals surface area contributed by atoms with Gasteiger partial charge in [-0.25, -0.2) is 0 Å². The van der Waals surface area contributed by atoms with Gasteiger partial charge < -0.3 is 0 Å². The number of allylic oxidation sites excluding steroid dienone is 1. The molecule has 0 aliphatic heterocycles. The van der Waals surface area contributed by atoms with Gasteiger partial charge in [0.2, 0.25) is 0 Å². The van der Waals surface area contributed by atoms with Gasteiger partial charge in [-0.05, 0) is 18.1 Å². The van der Waals surface area contributed by atoms with Crippen LogP contribution in [-0.4, -0.2) is 10.2 Å². The lowest BCUT2D eigenvalue weighted by Crippen LogP contribution is -1.92. The highest BCUT2D eigenvalue weighted by Crippen LogP contribution is 2.28. The summed E-state index contributed by atoms with van der Waals surface area (Å²) in [4.78, 5) is 0. The van der Waals surface area contributed by atoms with E-state index in [-0.39, 0.29) is 0 Å². The first kappa shape index (κ1) is 8.36. The molecule has 1 aromatic heterocycles. The fourth-order valence-electron chi connectivity index (χ4n) is 1.93. The van der Waals surface area contributed by atoms with E-state index >= 15 is 0 Å². The first-order valence-electron chi connectivity index (χ1n) is 5.01. The zero-order valence-corrected chi connectivity index (χ0v) is 8.22. The smallest absolute Gasteiger partial charge is 0.100 e. The van der Waals surface area contributed by atoms with Crippen LogP contribution < -0.4 is 0 Å². The third-order valence-electron chi connectivity index (χ3n) is 2.66. The number of benzene rings is 1. The van der Waals surface area contributed by atoms with Crippen LogP contribution in [0.3, 0.4) is 0 Å². The van der Waals surface area contributed by atoms with Gasteiger partial charge >= 0.3 is 0 Å². The molecule has 15 heavy (non-hydrogen) atoms. The highest BCUT2D eigenvalue weighted by molar-refractivity contribution is 5.75. The second-order valence-corrected chi connectivity index (χ2v) is 3.60. The molecule has 1 aromatic carbocycles. The average molecular weight is 194 g/mol. The SMILES string of the molecule is C1=Cc2ccnnc2-c2ccccc2C1. The summed E-state index contributed by atoms with van der Waals surface area (Å²) < 4.78 is 0. The van der Waals surface area contributed by atoms with Gasteiger partial charge in [-0.3, -0.25) is 0 Å². The number of fused-ring (bicyclic) bond motifs is 3. The van der Waals surface area contributed by atoms with Gasteiger partial charge in [-0.2, -0.15) is 5.10 Å². The molecule has 72 valence electrons. The van der Waals surface area contributed by atoms with Crippen molar-refractivity contribution in [3.8, 4) is 11.3 Å². The Morgan fingerprint density at radius 2 is 2.00 bits per heavy atom. The first-order chi connectivity index (χ1) is 7.45. The average Bonchev–Trinajstić information content (AvgIpc) is 2.48. The van der Waals surface area contributed by atoms with Crippen molar-refractivity contribution in [1.29, 1.82) is 0 Å². The van der Waals surface area contributed by atoms with E-state index in [1.807, 2.05) is 12.1 Å². The highest BCUT2D eigenvalue weighted by Gasteiger charge is 2.11. The molecule has 0 saturated carbocycles. The number of rotatable bonds is 0. The fraction of sp³-hybridized carbons (Fsp3) is 0.0769. The second-order valence-electron chi connectivity index (χ2n) is 3.60. The van der Waals surface area contributed by atoms with Crippen molar-refractivity contribution in [2.75, 3.05) is 0 Å². The lowest BCUT2D eigenvalue weighted by atomic mass is 10.0. The van der Waals surface area contributed by atoms with Crippen molar-refractivity contribution in [1.82, 2.24) is 10.2 Å². The molecule has 0 spiro atoms. The quantitative estimate of drug-likeness (QED) is 0.644. The summed E-state index contributed by atoms with van der Waals surface area (Å²) in [6.07, 6.45) is 6.99. The molecule has 2 aromatic rings. The summed E-state index contributed by atoms with van der Waals surface area (Å²) in [5, 5.41) is 8.17. The third kappa shape index (κ3) is 1.34. The molecule has 2 heteroatoms. The number of hydrogen-bond acceptors (Lipinski definition) is 2. The van der Waals surface area contributed by atoms with E-state index in [1.165, 1.54) is 11.1 Å². The van der Waals surface area contributed by atoms with Crippen molar-refractivity contribution in [3.63, 3.8) is 0 Å². The largest absolute Gasteiger partial charge is 0.158 e. The minimum atomic E-state index is 0.965. The van der Waals surface area contributed by atoms with E-state index in [9.17, 15) is 0 Å². The maximum absolute atomic E-state index is 4.22. The molecular formula is C13H10N2. The lowest BCUT2D eigenvalue weighted by molar-refractivity contribution is 1.03. The summed E-state index contributed by atoms with van der Waals surface area (Å²) in [6.45, 7) is 0. The van der Waals surface area contributed by atoms with E-state index in [4.69, 9.17) is 0 Å². The molecule has 0 amide bonds. The topological polar surface area (TPSA) is 25.8 Å². The highest BCUT2D eigenvalue weighted by atomic mass is 15.1. The molecule has 0 saturated heterocycles. The Morgan fingerprint density at radius 3 is 3.00 bits per heavy atom. The van der Waals surface area contributed by atoms with Crippen LogP contribution >= 0.6 is 0 Å². The maximum Gasteiger partial charge on any atom is 0.100 e. The van der Waals surface area contributed by atoms with E-state index in [2.05, 4.69) is 40.5 Å². The summed E-state index contributed by atoms with van der Waals surface area (Å²) in [6, 6.07) is 10.4. The molecule has 0 unspecified atom stereocenters. The molecule has 0 N–H and O–H groups in total. The molecular weight excluding hydrogens is 184 g/mol. The Hall–Kier alpha value is -1.96. The predicted molar refractivity (Wildman–Crippen MR) is 60.2 cm³/mol. The molecule has 0 fully saturated rings. The molecule has 1 heterocycles. The molecule has 2 nitrogen and oxygen atoms in total. The third-order valence-corrected chi connectivity index (χ3v) is 2.66. The Bertz CT molecular complexity index is 530. The van der Waals surface area contributed by atoms with E-state index in [1.54, 1.807) is 6.20 Å². The van der Waals surface area contributed by atoms with E-state index in [0.29, 0.717) is 0 Å². The van der Waals surface area contributed by atoms with Crippen molar-refractivity contribution in [3.05, 3.63) is 53.7 Å². The Balaban J connectivity index is 2.33. The Morgan fingerprint density at radius 1 is 1.07 bits per heavy atom. The van der Waals surface area contributed by atoms with Gasteiger partial charge in [0.15, 0.2) is 0 Å². The standard InChI is InChI=1S/C13H10N2/c1-2-7-12-10(4-1)5-3-6-11-8-9-14-15-13(11)12/h1-4,6-9H,5H2. The molecule has 3 rings (SSSR count). The Kier molecular flexibility index (Phi) is 1.85. The van der Waals surface area contributed by atoms with Gasteiger partial charge in [0.25, 0.3) is 0 Å². The fourth-order valence-corrected chi connectivity index (χ4v) is 1.93. The lowest BCUT2D eigenvalue weighted by Gasteiger charge is -2.05. The van der Waals surface area contributed by atoms with E-state index in [0.717, 1.165) is 17.7 Å². The summed E-state index contributed by atoms with van der Waals surface area (Å²) in [7, 11) is 0. The van der Waals surface area contributed by atoms with Crippen LogP contribution in [0, 0.1) is 0 Å². The Labute approximate surface area is 88.3 Å². The number of aromatic nitrogens is 2. The first-order valence-corrected chi connectivity index (χ1v) is 5.01. The molecule has 0 bridgehead atoms. The van der Waals surface area contributed by atoms with Crippen LogP contribution in [0.4, 0.5) is 0 Å². The van der Waals surface area contributed by atoms with Crippen LogP contribution in [0.15, 0.2) is 42.6 Å². The molecule has 1 aliphatic carbocycles. The van der Waals surface area contributed by atoms with Gasteiger partial charge in [0, 0.05) is 11.1 Å². The van der Waals surface area contributed by atoms with Crippen LogP contribution in [0.1, 0.15) is 11.1 Å². The van der Waals surface area contributed by atoms with Crippen molar-refractivity contribution < 1.29 is 0 Å². The van der Waals surface area contributed by atoms with Gasteiger partial charge in [0.1, 0.15) is 5.69 Å².